The second kappa shape index (κ2) is 6.72. The predicted molar refractivity (Wildman–Crippen MR) is 85.6 cm³/mol. The van der Waals surface area contributed by atoms with Crippen molar-refractivity contribution in [2.24, 2.45) is 0 Å². The summed E-state index contributed by atoms with van der Waals surface area (Å²) in [6, 6.07) is 6.98. The molecule has 2 aromatic rings. The van der Waals surface area contributed by atoms with Gasteiger partial charge in [-0.05, 0) is 39.5 Å². The molecule has 1 aromatic heterocycles. The molecule has 0 aliphatic rings. The lowest BCUT2D eigenvalue weighted by Gasteiger charge is -2.09. The summed E-state index contributed by atoms with van der Waals surface area (Å²) in [7, 11) is -3.47. The van der Waals surface area contributed by atoms with E-state index >= 15 is 0 Å². The number of nitrogens with zero attached hydrogens (tertiary/aromatic N) is 2. The molecular weight excluding hydrogens is 354 g/mol. The van der Waals surface area contributed by atoms with Gasteiger partial charge < -0.3 is 0 Å². The largest absolute Gasteiger partial charge is 0.270 e. The minimum Gasteiger partial charge on any atom is -0.270 e. The molecule has 7 heteroatoms. The highest BCUT2D eigenvalue weighted by Crippen LogP contribution is 2.17. The predicted octanol–water partition coefficient (Wildman–Crippen LogP) is 2.75. The van der Waals surface area contributed by atoms with E-state index in [2.05, 4.69) is 39.6 Å². The van der Waals surface area contributed by atoms with Crippen molar-refractivity contribution in [3.63, 3.8) is 0 Å². The van der Waals surface area contributed by atoms with Gasteiger partial charge in [0.25, 0.3) is 0 Å². The summed E-state index contributed by atoms with van der Waals surface area (Å²) in [4.78, 5) is 0.286. The monoisotopic (exact) mass is 371 g/mol. The van der Waals surface area contributed by atoms with Crippen LogP contribution in [0.3, 0.4) is 0 Å². The SMILES string of the molecule is CC(C)c1ccc(S(=O)(=O)NCCn2cc(Br)cn2)cc1. The second-order valence-electron chi connectivity index (χ2n) is 5.04. The first kappa shape index (κ1) is 16.2. The molecule has 0 atom stereocenters. The summed E-state index contributed by atoms with van der Waals surface area (Å²) in [5, 5.41) is 4.07. The fraction of sp³-hybridized carbons (Fsp3) is 0.357. The summed E-state index contributed by atoms with van der Waals surface area (Å²) < 4.78 is 29.4. The van der Waals surface area contributed by atoms with Crippen LogP contribution in [0, 0.1) is 0 Å². The molecule has 1 heterocycles. The lowest BCUT2D eigenvalue weighted by molar-refractivity contribution is 0.560. The molecule has 0 spiro atoms. The Bertz CT molecular complexity index is 693. The Balaban J connectivity index is 1.97. The molecule has 5 nitrogen and oxygen atoms in total. The van der Waals surface area contributed by atoms with E-state index in [0.717, 1.165) is 10.0 Å². The molecule has 0 bridgehead atoms. The van der Waals surface area contributed by atoms with Gasteiger partial charge in [0.2, 0.25) is 10.0 Å². The average Bonchev–Trinajstić information content (AvgIpc) is 2.84. The van der Waals surface area contributed by atoms with E-state index in [1.54, 1.807) is 29.2 Å². The number of nitrogens with one attached hydrogen (secondary N) is 1. The van der Waals surface area contributed by atoms with Gasteiger partial charge in [-0.25, -0.2) is 13.1 Å². The Kier molecular flexibility index (Phi) is 5.18. The van der Waals surface area contributed by atoms with Crippen LogP contribution >= 0.6 is 15.9 Å². The van der Waals surface area contributed by atoms with Crippen LogP contribution in [0.15, 0.2) is 46.0 Å². The maximum atomic E-state index is 12.2. The van der Waals surface area contributed by atoms with Gasteiger partial charge >= 0.3 is 0 Å². The molecule has 2 rings (SSSR count). The van der Waals surface area contributed by atoms with Gasteiger partial charge in [0.05, 0.1) is 22.1 Å². The first-order valence-electron chi connectivity index (χ1n) is 6.66. The van der Waals surface area contributed by atoms with Gasteiger partial charge in [0, 0.05) is 12.7 Å². The second-order valence-corrected chi connectivity index (χ2v) is 7.73. The molecule has 1 N–H and O–H groups in total. The lowest BCUT2D eigenvalue weighted by atomic mass is 10.0. The van der Waals surface area contributed by atoms with Crippen LogP contribution in [0.4, 0.5) is 0 Å². The van der Waals surface area contributed by atoms with E-state index < -0.39 is 10.0 Å². The number of sulfonamides is 1. The first-order valence-corrected chi connectivity index (χ1v) is 8.93. The molecule has 0 saturated carbocycles. The van der Waals surface area contributed by atoms with Crippen molar-refractivity contribution in [1.29, 1.82) is 0 Å². The Morgan fingerprint density at radius 1 is 1.29 bits per heavy atom. The summed E-state index contributed by atoms with van der Waals surface area (Å²) in [6.07, 6.45) is 3.46. The van der Waals surface area contributed by atoms with E-state index in [1.165, 1.54) is 0 Å². The number of benzene rings is 1. The molecule has 0 saturated heterocycles. The molecule has 0 aliphatic heterocycles. The van der Waals surface area contributed by atoms with E-state index in [0.29, 0.717) is 19.0 Å². The van der Waals surface area contributed by atoms with Crippen molar-refractivity contribution in [2.45, 2.75) is 31.2 Å². The molecule has 0 fully saturated rings. The van der Waals surface area contributed by atoms with E-state index in [9.17, 15) is 8.42 Å². The van der Waals surface area contributed by atoms with E-state index in [4.69, 9.17) is 0 Å². The lowest BCUT2D eigenvalue weighted by Crippen LogP contribution is -2.27. The highest BCUT2D eigenvalue weighted by molar-refractivity contribution is 9.10. The van der Waals surface area contributed by atoms with E-state index in [1.807, 2.05) is 12.1 Å². The zero-order chi connectivity index (χ0) is 15.5. The third-order valence-corrected chi connectivity index (χ3v) is 4.98. The summed E-state index contributed by atoms with van der Waals surface area (Å²) >= 11 is 3.30. The first-order chi connectivity index (χ1) is 9.88. The van der Waals surface area contributed by atoms with Gasteiger partial charge in [-0.2, -0.15) is 5.10 Å². The normalized spacial score (nSPS) is 12.0. The summed E-state index contributed by atoms with van der Waals surface area (Å²) in [6.45, 7) is 4.92. The molecule has 114 valence electrons. The van der Waals surface area contributed by atoms with Crippen LogP contribution in [-0.4, -0.2) is 24.7 Å². The number of rotatable bonds is 6. The average molecular weight is 372 g/mol. The number of hydrogen-bond acceptors (Lipinski definition) is 3. The highest BCUT2D eigenvalue weighted by atomic mass is 79.9. The molecule has 1 aromatic carbocycles. The molecule has 0 radical (unpaired) electrons. The number of halogens is 1. The molecule has 0 aliphatic carbocycles. The van der Waals surface area contributed by atoms with Gasteiger partial charge in [-0.3, -0.25) is 4.68 Å². The third-order valence-electron chi connectivity index (χ3n) is 3.09. The highest BCUT2D eigenvalue weighted by Gasteiger charge is 2.13. The van der Waals surface area contributed by atoms with Gasteiger partial charge in [0.1, 0.15) is 0 Å². The topological polar surface area (TPSA) is 64.0 Å². The summed E-state index contributed by atoms with van der Waals surface area (Å²) in [5.74, 6) is 0.382. The van der Waals surface area contributed by atoms with Crippen LogP contribution in [0.25, 0.3) is 0 Å². The van der Waals surface area contributed by atoms with Crippen LogP contribution in [0.5, 0.6) is 0 Å². The molecule has 0 amide bonds. The zero-order valence-electron chi connectivity index (χ0n) is 12.0. The Morgan fingerprint density at radius 2 is 1.95 bits per heavy atom. The van der Waals surface area contributed by atoms with Crippen molar-refractivity contribution < 1.29 is 8.42 Å². The van der Waals surface area contributed by atoms with Gasteiger partial charge in [-0.1, -0.05) is 26.0 Å². The van der Waals surface area contributed by atoms with Crippen LogP contribution in [0.2, 0.25) is 0 Å². The van der Waals surface area contributed by atoms with Crippen molar-refractivity contribution in [3.05, 3.63) is 46.7 Å². The van der Waals surface area contributed by atoms with Gasteiger partial charge in [0.15, 0.2) is 0 Å². The minimum absolute atomic E-state index is 0.286. The van der Waals surface area contributed by atoms with Crippen LogP contribution in [-0.2, 0) is 16.6 Å². The van der Waals surface area contributed by atoms with Crippen molar-refractivity contribution in [1.82, 2.24) is 14.5 Å². The zero-order valence-corrected chi connectivity index (χ0v) is 14.4. The van der Waals surface area contributed by atoms with Crippen molar-refractivity contribution in [3.8, 4) is 0 Å². The van der Waals surface area contributed by atoms with Gasteiger partial charge in [-0.15, -0.1) is 0 Å². The Labute approximate surface area is 133 Å². The molecular formula is C14H18BrN3O2S. The Hall–Kier alpha value is -1.18. The quantitative estimate of drug-likeness (QED) is 0.848. The number of aromatic nitrogens is 2. The molecule has 0 unspecified atom stereocenters. The maximum Gasteiger partial charge on any atom is 0.240 e. The third kappa shape index (κ3) is 4.39. The summed E-state index contributed by atoms with van der Waals surface area (Å²) in [5.41, 5.74) is 1.12. The Morgan fingerprint density at radius 3 is 2.48 bits per heavy atom. The fourth-order valence-corrected chi connectivity index (χ4v) is 3.22. The van der Waals surface area contributed by atoms with Crippen molar-refractivity contribution >= 4 is 26.0 Å². The fourth-order valence-electron chi connectivity index (χ4n) is 1.87. The maximum absolute atomic E-state index is 12.2. The van der Waals surface area contributed by atoms with Crippen LogP contribution in [0.1, 0.15) is 25.3 Å². The standard InChI is InChI=1S/C14H18BrN3O2S/c1-11(2)12-3-5-14(6-4-12)21(19,20)17-7-8-18-10-13(15)9-16-18/h3-6,9-11,17H,7-8H2,1-2H3. The number of hydrogen-bond donors (Lipinski definition) is 1. The van der Waals surface area contributed by atoms with Crippen molar-refractivity contribution in [2.75, 3.05) is 6.54 Å². The van der Waals surface area contributed by atoms with Crippen LogP contribution < -0.4 is 4.72 Å². The molecule has 21 heavy (non-hydrogen) atoms. The smallest absolute Gasteiger partial charge is 0.240 e. The minimum atomic E-state index is -3.47. The van der Waals surface area contributed by atoms with E-state index in [-0.39, 0.29) is 4.90 Å².